The minimum atomic E-state index is -0.362. The molecule has 0 saturated carbocycles. The molecular weight excluding hydrogens is 186 g/mol. The Morgan fingerprint density at radius 2 is 2.43 bits per heavy atom. The van der Waals surface area contributed by atoms with Crippen LogP contribution < -0.4 is 11.0 Å². The van der Waals surface area contributed by atoms with E-state index in [9.17, 15) is 9.59 Å². The lowest BCUT2D eigenvalue weighted by atomic mass is 10.4. The maximum atomic E-state index is 11.6. The van der Waals surface area contributed by atoms with E-state index < -0.39 is 0 Å². The summed E-state index contributed by atoms with van der Waals surface area (Å²) in [5.74, 6) is -0.336. The predicted octanol–water partition coefficient (Wildman–Crippen LogP) is -0.790. The van der Waals surface area contributed by atoms with E-state index in [1.54, 1.807) is 0 Å². The first kappa shape index (κ1) is 8.42. The van der Waals surface area contributed by atoms with Crippen LogP contribution in [-0.4, -0.2) is 25.8 Å². The Hall–Kier alpha value is -2.18. The molecule has 0 radical (unpaired) electrons. The predicted molar refractivity (Wildman–Crippen MR) is 48.2 cm³/mol. The van der Waals surface area contributed by atoms with E-state index in [1.165, 1.54) is 19.4 Å². The highest BCUT2D eigenvalue weighted by molar-refractivity contribution is 5.81. The number of aromatic amines is 1. The van der Waals surface area contributed by atoms with Crippen LogP contribution in [0.1, 0.15) is 6.92 Å². The van der Waals surface area contributed by atoms with Crippen LogP contribution in [0.5, 0.6) is 0 Å². The minimum Gasteiger partial charge on any atom is -0.274 e. The molecule has 0 bridgehead atoms. The zero-order chi connectivity index (χ0) is 10.1. The first-order chi connectivity index (χ1) is 6.68. The third kappa shape index (κ3) is 1.24. The molecular formula is C7H7N5O2. The topological polar surface area (TPSA) is 92.7 Å². The summed E-state index contributed by atoms with van der Waals surface area (Å²) >= 11 is 0. The summed E-state index contributed by atoms with van der Waals surface area (Å²) in [6.45, 7) is 1.31. The number of nitrogens with zero attached hydrogens (tertiary/aromatic N) is 3. The molecule has 2 heterocycles. The molecule has 0 aliphatic heterocycles. The van der Waals surface area contributed by atoms with E-state index in [2.05, 4.69) is 20.6 Å². The Kier molecular flexibility index (Phi) is 1.77. The molecule has 72 valence electrons. The van der Waals surface area contributed by atoms with Crippen molar-refractivity contribution >= 4 is 16.9 Å². The summed E-state index contributed by atoms with van der Waals surface area (Å²) in [6.07, 6.45) is 2.59. The molecule has 0 unspecified atom stereocenters. The molecule has 0 saturated heterocycles. The maximum absolute atomic E-state index is 11.6. The van der Waals surface area contributed by atoms with Crippen molar-refractivity contribution in [2.75, 3.05) is 5.43 Å². The van der Waals surface area contributed by atoms with Gasteiger partial charge in [0, 0.05) is 6.92 Å². The highest BCUT2D eigenvalue weighted by Gasteiger charge is 2.05. The van der Waals surface area contributed by atoms with Gasteiger partial charge in [0.25, 0.3) is 5.56 Å². The first-order valence-electron chi connectivity index (χ1n) is 3.87. The van der Waals surface area contributed by atoms with Crippen molar-refractivity contribution < 1.29 is 4.79 Å². The summed E-state index contributed by atoms with van der Waals surface area (Å²) in [5, 5.41) is 6.56. The number of hydrogen-bond acceptors (Lipinski definition) is 4. The number of H-pyrrole nitrogens is 1. The Morgan fingerprint density at radius 3 is 3.14 bits per heavy atom. The van der Waals surface area contributed by atoms with Crippen LogP contribution in [0, 0.1) is 0 Å². The zero-order valence-electron chi connectivity index (χ0n) is 7.31. The average molecular weight is 193 g/mol. The molecule has 0 atom stereocenters. The van der Waals surface area contributed by atoms with E-state index in [1.807, 2.05) is 0 Å². The van der Waals surface area contributed by atoms with Crippen molar-refractivity contribution in [1.29, 1.82) is 0 Å². The molecule has 7 nitrogen and oxygen atoms in total. The Bertz CT molecular complexity index is 540. The summed E-state index contributed by atoms with van der Waals surface area (Å²) in [6, 6.07) is 0. The molecule has 0 spiro atoms. The second-order valence-electron chi connectivity index (χ2n) is 2.72. The number of aromatic nitrogens is 4. The van der Waals surface area contributed by atoms with Crippen LogP contribution >= 0.6 is 0 Å². The fourth-order valence-corrected chi connectivity index (χ4v) is 1.08. The smallest absolute Gasteiger partial charge is 0.274 e. The molecule has 2 aromatic rings. The van der Waals surface area contributed by atoms with E-state index in [4.69, 9.17) is 0 Å². The molecule has 0 aromatic carbocycles. The van der Waals surface area contributed by atoms with Crippen molar-refractivity contribution in [2.45, 2.75) is 6.92 Å². The Labute approximate surface area is 77.7 Å². The molecule has 2 aromatic heterocycles. The zero-order valence-corrected chi connectivity index (χ0v) is 7.31. The van der Waals surface area contributed by atoms with Gasteiger partial charge in [-0.25, -0.2) is 9.66 Å². The van der Waals surface area contributed by atoms with Crippen molar-refractivity contribution in [2.24, 2.45) is 0 Å². The lowest BCUT2D eigenvalue weighted by Gasteiger charge is -2.03. The van der Waals surface area contributed by atoms with Gasteiger partial charge in [-0.1, -0.05) is 0 Å². The summed E-state index contributed by atoms with van der Waals surface area (Å²) < 4.78 is 1.01. The Morgan fingerprint density at radius 1 is 1.64 bits per heavy atom. The fourth-order valence-electron chi connectivity index (χ4n) is 1.08. The van der Waals surface area contributed by atoms with Crippen LogP contribution in [0.4, 0.5) is 0 Å². The number of rotatable bonds is 1. The van der Waals surface area contributed by atoms with Gasteiger partial charge < -0.3 is 0 Å². The van der Waals surface area contributed by atoms with Crippen LogP contribution in [0.3, 0.4) is 0 Å². The van der Waals surface area contributed by atoms with Gasteiger partial charge in [-0.15, -0.1) is 0 Å². The molecule has 2 N–H and O–H groups in total. The molecule has 0 aliphatic rings. The second kappa shape index (κ2) is 2.95. The molecule has 2 rings (SSSR count). The number of amides is 1. The molecule has 0 fully saturated rings. The summed E-state index contributed by atoms with van der Waals surface area (Å²) in [4.78, 5) is 26.2. The summed E-state index contributed by atoms with van der Waals surface area (Å²) in [5.41, 5.74) is 2.35. The number of carbonyl (C=O) groups is 1. The Balaban J connectivity index is 2.62. The first-order valence-corrected chi connectivity index (χ1v) is 3.87. The van der Waals surface area contributed by atoms with Crippen LogP contribution in [0.25, 0.3) is 11.0 Å². The molecule has 1 amide bonds. The lowest BCUT2D eigenvalue weighted by molar-refractivity contribution is -0.115. The monoisotopic (exact) mass is 193 g/mol. The van der Waals surface area contributed by atoms with Gasteiger partial charge >= 0.3 is 0 Å². The maximum Gasteiger partial charge on any atom is 0.283 e. The quantitative estimate of drug-likeness (QED) is 0.620. The second-order valence-corrected chi connectivity index (χ2v) is 2.72. The summed E-state index contributed by atoms with van der Waals surface area (Å²) in [7, 11) is 0. The van der Waals surface area contributed by atoms with Crippen LogP contribution in [-0.2, 0) is 4.79 Å². The minimum absolute atomic E-state index is 0.334. The average Bonchev–Trinajstić information content (AvgIpc) is 2.57. The number of nitrogens with one attached hydrogen (secondary N) is 2. The highest BCUT2D eigenvalue weighted by atomic mass is 16.2. The number of carbonyl (C=O) groups excluding carboxylic acids is 1. The van der Waals surface area contributed by atoms with Gasteiger partial charge in [0.15, 0.2) is 5.65 Å². The van der Waals surface area contributed by atoms with Crippen molar-refractivity contribution in [3.8, 4) is 0 Å². The molecule has 14 heavy (non-hydrogen) atoms. The molecule has 7 heteroatoms. The van der Waals surface area contributed by atoms with Crippen molar-refractivity contribution in [3.05, 3.63) is 22.9 Å². The van der Waals surface area contributed by atoms with Crippen LogP contribution in [0.2, 0.25) is 0 Å². The third-order valence-corrected chi connectivity index (χ3v) is 1.65. The number of fused-ring (bicyclic) bond motifs is 1. The van der Waals surface area contributed by atoms with Gasteiger partial charge in [-0.05, 0) is 0 Å². The number of hydrogen-bond donors (Lipinski definition) is 2. The van der Waals surface area contributed by atoms with Crippen molar-refractivity contribution in [3.63, 3.8) is 0 Å². The third-order valence-electron chi connectivity index (χ3n) is 1.65. The van der Waals surface area contributed by atoms with E-state index >= 15 is 0 Å². The standard InChI is InChI=1S/C7H7N5O2/c1-4(13)11-12-3-8-6-5(7(12)14)2-9-10-6/h2-3H,1H3,(H,9,10)(H,11,13). The van der Waals surface area contributed by atoms with Gasteiger partial charge in [0.1, 0.15) is 11.7 Å². The van der Waals surface area contributed by atoms with E-state index in [0.29, 0.717) is 11.0 Å². The van der Waals surface area contributed by atoms with Gasteiger partial charge in [0.05, 0.1) is 6.20 Å². The lowest BCUT2D eigenvalue weighted by Crippen LogP contribution is -2.31. The van der Waals surface area contributed by atoms with E-state index in [0.717, 1.165) is 4.68 Å². The van der Waals surface area contributed by atoms with Gasteiger partial charge in [0.2, 0.25) is 5.91 Å². The van der Waals surface area contributed by atoms with Crippen LogP contribution in [0.15, 0.2) is 17.3 Å². The van der Waals surface area contributed by atoms with E-state index in [-0.39, 0.29) is 11.5 Å². The normalized spacial score (nSPS) is 10.4. The van der Waals surface area contributed by atoms with Gasteiger partial charge in [-0.2, -0.15) is 5.10 Å². The van der Waals surface area contributed by atoms with Crippen molar-refractivity contribution in [1.82, 2.24) is 19.9 Å². The molecule has 0 aliphatic carbocycles. The van der Waals surface area contributed by atoms with Gasteiger partial charge in [-0.3, -0.25) is 20.1 Å². The SMILES string of the molecule is CC(=O)Nn1cnc2[nH]ncc2c1=O. The highest BCUT2D eigenvalue weighted by Crippen LogP contribution is 1.97. The fraction of sp³-hybridized carbons (Fsp3) is 0.143. The largest absolute Gasteiger partial charge is 0.283 e.